The highest BCUT2D eigenvalue weighted by atomic mass is 15.1. The molecular formula is C21H21N. The molecule has 22 heavy (non-hydrogen) atoms. The molecule has 0 N–H and O–H groups in total. The molecule has 1 saturated carbocycles. The highest BCUT2D eigenvalue weighted by Gasteiger charge is 2.73. The summed E-state index contributed by atoms with van der Waals surface area (Å²) in [5.41, 5.74) is 7.01. The van der Waals surface area contributed by atoms with Gasteiger partial charge < -0.3 is 4.90 Å². The third kappa shape index (κ3) is 1.03. The minimum absolute atomic E-state index is 0.383. The molecule has 2 aromatic rings. The van der Waals surface area contributed by atoms with Crippen molar-refractivity contribution in [3.63, 3.8) is 0 Å². The molecule has 2 fully saturated rings. The van der Waals surface area contributed by atoms with Crippen LogP contribution < -0.4 is 0 Å². The summed E-state index contributed by atoms with van der Waals surface area (Å²) in [5, 5.41) is 0. The molecule has 3 aliphatic carbocycles. The molecule has 0 radical (unpaired) electrons. The molecule has 5 unspecified atom stereocenters. The van der Waals surface area contributed by atoms with Gasteiger partial charge in [0.1, 0.15) is 0 Å². The molecular weight excluding hydrogens is 266 g/mol. The van der Waals surface area contributed by atoms with E-state index >= 15 is 0 Å². The van der Waals surface area contributed by atoms with Crippen LogP contribution in [-0.4, -0.2) is 25.0 Å². The molecule has 110 valence electrons. The molecule has 6 rings (SSSR count). The third-order valence-electron chi connectivity index (χ3n) is 7.24. The van der Waals surface area contributed by atoms with E-state index in [0.717, 1.165) is 23.7 Å². The summed E-state index contributed by atoms with van der Waals surface area (Å²) in [6.45, 7) is 2.56. The fourth-order valence-electron chi connectivity index (χ4n) is 6.71. The van der Waals surface area contributed by atoms with Crippen molar-refractivity contribution in [2.45, 2.75) is 23.7 Å². The van der Waals surface area contributed by atoms with Gasteiger partial charge in [-0.25, -0.2) is 0 Å². The van der Waals surface area contributed by atoms with E-state index in [4.69, 9.17) is 0 Å². The number of nitrogens with zero attached hydrogens (tertiary/aromatic N) is 1. The Labute approximate surface area is 132 Å². The Hall–Kier alpha value is -1.60. The number of fused-ring (bicyclic) bond motifs is 7. The van der Waals surface area contributed by atoms with E-state index in [1.54, 1.807) is 22.3 Å². The third-order valence-corrected chi connectivity index (χ3v) is 7.24. The van der Waals surface area contributed by atoms with Gasteiger partial charge in [-0.05, 0) is 54.1 Å². The fourth-order valence-corrected chi connectivity index (χ4v) is 6.71. The smallest absolute Gasteiger partial charge is 0.0351 e. The normalized spacial score (nSPS) is 40.4. The van der Waals surface area contributed by atoms with Crippen LogP contribution in [0.4, 0.5) is 0 Å². The summed E-state index contributed by atoms with van der Waals surface area (Å²) < 4.78 is 0. The molecule has 0 aromatic heterocycles. The molecule has 1 heterocycles. The van der Waals surface area contributed by atoms with Gasteiger partial charge in [-0.3, -0.25) is 0 Å². The minimum atomic E-state index is 0.383. The summed E-state index contributed by atoms with van der Waals surface area (Å²) in [4.78, 5) is 2.56. The van der Waals surface area contributed by atoms with Crippen LogP contribution in [0.25, 0.3) is 0 Å². The van der Waals surface area contributed by atoms with Crippen LogP contribution >= 0.6 is 0 Å². The Morgan fingerprint density at radius 1 is 0.864 bits per heavy atom. The van der Waals surface area contributed by atoms with Crippen molar-refractivity contribution in [1.82, 2.24) is 4.90 Å². The highest BCUT2D eigenvalue weighted by molar-refractivity contribution is 5.71. The first-order valence-electron chi connectivity index (χ1n) is 8.71. The van der Waals surface area contributed by atoms with Gasteiger partial charge in [0, 0.05) is 23.8 Å². The largest absolute Gasteiger partial charge is 0.306 e. The van der Waals surface area contributed by atoms with Crippen molar-refractivity contribution >= 4 is 0 Å². The summed E-state index contributed by atoms with van der Waals surface area (Å²) in [7, 11) is 2.31. The first kappa shape index (κ1) is 11.9. The first-order valence-corrected chi connectivity index (χ1v) is 8.71. The van der Waals surface area contributed by atoms with Crippen molar-refractivity contribution in [2.75, 3.05) is 20.1 Å². The summed E-state index contributed by atoms with van der Waals surface area (Å²) in [6, 6.07) is 18.6. The second kappa shape index (κ2) is 3.65. The fraction of sp³-hybridized carbons (Fsp3) is 0.429. The standard InChI is InChI=1S/C21H21N/c1-22-11-10-13-16(12-22)20-15-7-3-5-9-18(15)21(20)17-8-4-2-6-14(17)19(13)21/h2-9,13,16,19-20H,10-12H2,1H3. The number of piperidine rings is 1. The Morgan fingerprint density at radius 2 is 1.45 bits per heavy atom. The molecule has 1 nitrogen and oxygen atoms in total. The van der Waals surface area contributed by atoms with E-state index in [1.165, 1.54) is 19.5 Å². The molecule has 5 atom stereocenters. The number of benzene rings is 2. The van der Waals surface area contributed by atoms with Gasteiger partial charge in [-0.2, -0.15) is 0 Å². The van der Waals surface area contributed by atoms with Crippen LogP contribution in [0.5, 0.6) is 0 Å². The van der Waals surface area contributed by atoms with Crippen LogP contribution in [0.3, 0.4) is 0 Å². The number of likely N-dealkylation sites (tertiary alicyclic amines) is 1. The summed E-state index contributed by atoms with van der Waals surface area (Å²) >= 11 is 0. The van der Waals surface area contributed by atoms with E-state index in [9.17, 15) is 0 Å². The van der Waals surface area contributed by atoms with Crippen molar-refractivity contribution in [3.05, 3.63) is 70.8 Å². The van der Waals surface area contributed by atoms with E-state index in [0.29, 0.717) is 5.41 Å². The topological polar surface area (TPSA) is 3.24 Å². The number of hydrogen-bond donors (Lipinski definition) is 0. The van der Waals surface area contributed by atoms with Gasteiger partial charge in [-0.15, -0.1) is 0 Å². The summed E-state index contributed by atoms with van der Waals surface area (Å²) in [5.74, 6) is 3.31. The molecule has 1 saturated heterocycles. The molecule has 0 bridgehead atoms. The van der Waals surface area contributed by atoms with Gasteiger partial charge in [0.15, 0.2) is 0 Å². The number of rotatable bonds is 0. The zero-order chi connectivity index (χ0) is 14.5. The number of hydrogen-bond acceptors (Lipinski definition) is 1. The zero-order valence-electron chi connectivity index (χ0n) is 13.0. The maximum Gasteiger partial charge on any atom is 0.0351 e. The Balaban J connectivity index is 1.62. The minimum Gasteiger partial charge on any atom is -0.306 e. The quantitative estimate of drug-likeness (QED) is 0.713. The molecule has 1 heteroatoms. The molecule has 4 aliphatic rings. The van der Waals surface area contributed by atoms with Crippen LogP contribution in [-0.2, 0) is 5.41 Å². The van der Waals surface area contributed by atoms with E-state index in [1.807, 2.05) is 0 Å². The Kier molecular flexibility index (Phi) is 1.98. The predicted octanol–water partition coefficient (Wildman–Crippen LogP) is 3.75. The van der Waals surface area contributed by atoms with E-state index in [2.05, 4.69) is 60.5 Å². The second-order valence-electron chi connectivity index (χ2n) is 7.88. The monoisotopic (exact) mass is 287 g/mol. The van der Waals surface area contributed by atoms with Gasteiger partial charge in [0.2, 0.25) is 0 Å². The predicted molar refractivity (Wildman–Crippen MR) is 88.2 cm³/mol. The SMILES string of the molecule is CN1CCC2C(C1)C1c3ccccc3C13c1ccccc1C23. The lowest BCUT2D eigenvalue weighted by Crippen LogP contribution is -2.52. The first-order chi connectivity index (χ1) is 10.8. The highest BCUT2D eigenvalue weighted by Crippen LogP contribution is 2.79. The van der Waals surface area contributed by atoms with E-state index < -0.39 is 0 Å². The van der Waals surface area contributed by atoms with Crippen LogP contribution in [0, 0.1) is 11.8 Å². The maximum absolute atomic E-state index is 2.56. The van der Waals surface area contributed by atoms with Gasteiger partial charge in [0.05, 0.1) is 0 Å². The zero-order valence-corrected chi connectivity index (χ0v) is 13.0. The van der Waals surface area contributed by atoms with Crippen molar-refractivity contribution in [2.24, 2.45) is 11.8 Å². The van der Waals surface area contributed by atoms with E-state index in [-0.39, 0.29) is 0 Å². The lowest BCUT2D eigenvalue weighted by molar-refractivity contribution is 0.149. The lowest BCUT2D eigenvalue weighted by Gasteiger charge is -2.59. The summed E-state index contributed by atoms with van der Waals surface area (Å²) in [6.07, 6.45) is 1.38. The van der Waals surface area contributed by atoms with Crippen LogP contribution in [0.2, 0.25) is 0 Å². The van der Waals surface area contributed by atoms with Crippen molar-refractivity contribution in [3.8, 4) is 0 Å². The average Bonchev–Trinajstić information content (AvgIpc) is 2.72. The van der Waals surface area contributed by atoms with Gasteiger partial charge in [0.25, 0.3) is 0 Å². The van der Waals surface area contributed by atoms with Crippen molar-refractivity contribution in [1.29, 1.82) is 0 Å². The van der Waals surface area contributed by atoms with Gasteiger partial charge in [-0.1, -0.05) is 48.5 Å². The van der Waals surface area contributed by atoms with Crippen LogP contribution in [0.1, 0.15) is 40.5 Å². The molecule has 1 aliphatic heterocycles. The maximum atomic E-state index is 2.56. The Morgan fingerprint density at radius 3 is 2.14 bits per heavy atom. The van der Waals surface area contributed by atoms with Gasteiger partial charge >= 0.3 is 0 Å². The second-order valence-corrected chi connectivity index (χ2v) is 7.88. The average molecular weight is 287 g/mol. The lowest BCUT2D eigenvalue weighted by atomic mass is 9.43. The Bertz CT molecular complexity index is 794. The molecule has 2 aromatic carbocycles. The molecule has 1 spiro atoms. The molecule has 0 amide bonds. The van der Waals surface area contributed by atoms with Crippen molar-refractivity contribution < 1.29 is 0 Å². The van der Waals surface area contributed by atoms with Crippen LogP contribution in [0.15, 0.2) is 48.5 Å².